The number of aliphatic carboxylic acids is 1. The maximum Gasteiger partial charge on any atom is 0.303 e. The quantitative estimate of drug-likeness (QED) is 0.316. The molecule has 37 heavy (non-hydrogen) atoms. The van der Waals surface area contributed by atoms with E-state index in [4.69, 9.17) is 4.74 Å². The highest BCUT2D eigenvalue weighted by molar-refractivity contribution is 8.22. The third-order valence-electron chi connectivity index (χ3n) is 6.69. The summed E-state index contributed by atoms with van der Waals surface area (Å²) in [6, 6.07) is 13.0. The molecule has 200 valence electrons. The van der Waals surface area contributed by atoms with Crippen LogP contribution in [0.2, 0.25) is 0 Å². The highest BCUT2D eigenvalue weighted by Crippen LogP contribution is 2.57. The lowest BCUT2D eigenvalue weighted by atomic mass is 9.88. The summed E-state index contributed by atoms with van der Waals surface area (Å²) < 4.78 is 32.0. The van der Waals surface area contributed by atoms with Crippen molar-refractivity contribution < 1.29 is 23.7 Å². The van der Waals surface area contributed by atoms with Gasteiger partial charge >= 0.3 is 5.97 Å². The van der Waals surface area contributed by atoms with Crippen molar-refractivity contribution in [1.29, 1.82) is 0 Å². The van der Waals surface area contributed by atoms with E-state index < -0.39 is 16.7 Å². The van der Waals surface area contributed by atoms with E-state index in [0.717, 1.165) is 35.3 Å². The molecule has 3 aromatic rings. The van der Waals surface area contributed by atoms with Crippen LogP contribution in [0.3, 0.4) is 0 Å². The largest absolute Gasteiger partial charge is 0.487 e. The summed E-state index contributed by atoms with van der Waals surface area (Å²) in [5.74, 6) is -0.577. The zero-order valence-electron chi connectivity index (χ0n) is 21.6. The number of nitrogens with zero attached hydrogens (tertiary/aromatic N) is 4. The molecule has 2 atom stereocenters. The Hall–Kier alpha value is -2.92. The molecule has 1 aliphatic rings. The third-order valence-corrected chi connectivity index (χ3v) is 8.62. The second kappa shape index (κ2) is 11.6. The van der Waals surface area contributed by atoms with Crippen LogP contribution in [0.1, 0.15) is 61.4 Å². The number of aryl methyl sites for hydroxylation is 3. The van der Waals surface area contributed by atoms with Crippen LogP contribution in [0.25, 0.3) is 0 Å². The molecular weight excluding hydrogens is 492 g/mol. The molecule has 0 bridgehead atoms. The zero-order chi connectivity index (χ0) is 26.6. The molecule has 3 N–H and O–H groups in total. The molecule has 0 radical (unpaired) electrons. The van der Waals surface area contributed by atoms with E-state index in [-0.39, 0.29) is 18.4 Å². The van der Waals surface area contributed by atoms with Crippen molar-refractivity contribution in [2.45, 2.75) is 76.5 Å². The summed E-state index contributed by atoms with van der Waals surface area (Å²) in [5.41, 5.74) is 3.69. The molecule has 0 aliphatic carbocycles. The van der Waals surface area contributed by atoms with E-state index in [9.17, 15) is 19.0 Å². The fourth-order valence-electron chi connectivity index (χ4n) is 4.73. The number of carboxylic acids is 1. The van der Waals surface area contributed by atoms with Gasteiger partial charge in [0.05, 0.1) is 18.7 Å². The first-order chi connectivity index (χ1) is 17.7. The van der Waals surface area contributed by atoms with Crippen LogP contribution in [0.5, 0.6) is 5.75 Å². The van der Waals surface area contributed by atoms with Crippen molar-refractivity contribution in [3.8, 4) is 5.75 Å². The van der Waals surface area contributed by atoms with Gasteiger partial charge in [0.2, 0.25) is 0 Å². The molecule has 4 rings (SSSR count). The number of aromatic nitrogens is 3. The first-order valence-electron chi connectivity index (χ1n) is 12.7. The van der Waals surface area contributed by atoms with E-state index in [1.165, 1.54) is 0 Å². The van der Waals surface area contributed by atoms with Gasteiger partial charge in [-0.25, -0.2) is 0 Å². The predicted molar refractivity (Wildman–Crippen MR) is 143 cm³/mol. The minimum atomic E-state index is -3.27. The van der Waals surface area contributed by atoms with Crippen molar-refractivity contribution in [2.75, 3.05) is 6.54 Å². The second-order valence-electron chi connectivity index (χ2n) is 9.71. The Morgan fingerprint density at radius 2 is 2.03 bits per heavy atom. The van der Waals surface area contributed by atoms with Crippen molar-refractivity contribution in [1.82, 2.24) is 19.3 Å². The minimum Gasteiger partial charge on any atom is -0.487 e. The maximum atomic E-state index is 11.7. The summed E-state index contributed by atoms with van der Waals surface area (Å²) in [4.78, 5) is 12.1. The highest BCUT2D eigenvalue weighted by Gasteiger charge is 2.34. The van der Waals surface area contributed by atoms with E-state index in [0.29, 0.717) is 36.6 Å². The number of hydrogen-bond acceptors (Lipinski definition) is 7. The van der Waals surface area contributed by atoms with E-state index in [1.54, 1.807) is 22.5 Å². The number of benzene rings is 2. The molecule has 0 amide bonds. The van der Waals surface area contributed by atoms with Crippen molar-refractivity contribution in [2.24, 2.45) is 0 Å². The van der Waals surface area contributed by atoms with Crippen molar-refractivity contribution in [3.63, 3.8) is 0 Å². The lowest BCUT2D eigenvalue weighted by Gasteiger charge is -2.42. The Kier molecular flexibility index (Phi) is 8.53. The minimum absolute atomic E-state index is 0.00273. The summed E-state index contributed by atoms with van der Waals surface area (Å²) in [6.45, 7) is 7.41. The average Bonchev–Trinajstić information content (AvgIpc) is 3.26. The van der Waals surface area contributed by atoms with Gasteiger partial charge in [0.15, 0.2) is 0 Å². The molecule has 2 aromatic carbocycles. The average molecular weight is 529 g/mol. The zero-order valence-corrected chi connectivity index (χ0v) is 22.4. The number of carboxylic acid groups (broad SMARTS) is 1. The lowest BCUT2D eigenvalue weighted by molar-refractivity contribution is -0.137. The Morgan fingerprint density at radius 3 is 2.78 bits per heavy atom. The first-order valence-corrected chi connectivity index (χ1v) is 14.2. The van der Waals surface area contributed by atoms with Gasteiger partial charge in [-0.15, -0.1) is 15.9 Å². The number of fused-ring (bicyclic) bond motifs is 1. The number of hydrogen-bond donors (Lipinski definition) is 3. The fraction of sp³-hybridized carbons (Fsp3) is 0.444. The summed E-state index contributed by atoms with van der Waals surface area (Å²) in [7, 11) is -3.27. The predicted octanol–water partition coefficient (Wildman–Crippen LogP) is 5.50. The summed E-state index contributed by atoms with van der Waals surface area (Å²) >= 11 is 0. The second-order valence-corrected chi connectivity index (χ2v) is 11.7. The molecule has 0 spiro atoms. The van der Waals surface area contributed by atoms with Crippen LogP contribution >= 0.6 is 10.8 Å². The number of ether oxygens (including phenoxy) is 1. The van der Waals surface area contributed by atoms with Gasteiger partial charge < -0.3 is 9.84 Å². The normalized spacial score (nSPS) is 18.9. The lowest BCUT2D eigenvalue weighted by Crippen LogP contribution is -2.33. The SMILES string of the molecule is CCCn1cc(CCC(CC(=O)O)c2ccc(C)c(CN3C[C@@H](C)Oc4ccccc4S3(O)O)c2)nn1. The molecular formula is C27H36N4O5S. The van der Waals surface area contributed by atoms with E-state index >= 15 is 0 Å². The molecule has 0 fully saturated rings. The molecule has 2 heterocycles. The Labute approximate surface area is 219 Å². The Morgan fingerprint density at radius 1 is 1.24 bits per heavy atom. The molecule has 1 aromatic heterocycles. The monoisotopic (exact) mass is 528 g/mol. The standard InChI is InChI=1S/C27H36N4O5S/c1-4-13-30-18-24(28-29-30)12-11-22(15-27(32)33)21-10-9-19(2)23(14-21)17-31-16-20(3)36-25-7-5-6-8-26(25)37(31,34)35/h5-10,14,18,20,22,34-35H,4,11-13,15-17H2,1-3H3,(H,32,33)/t20-,22?/m1/s1. The smallest absolute Gasteiger partial charge is 0.303 e. The molecule has 0 saturated carbocycles. The first kappa shape index (κ1) is 27.1. The number of rotatable bonds is 10. The van der Waals surface area contributed by atoms with E-state index in [1.807, 2.05) is 49.0 Å². The van der Waals surface area contributed by atoms with Crippen LogP contribution in [-0.2, 0) is 24.3 Å². The van der Waals surface area contributed by atoms with Crippen LogP contribution in [0.4, 0.5) is 0 Å². The summed E-state index contributed by atoms with van der Waals surface area (Å²) in [6.07, 6.45) is 3.91. The highest BCUT2D eigenvalue weighted by atomic mass is 32.3. The van der Waals surface area contributed by atoms with Crippen LogP contribution in [-0.4, -0.2) is 52.1 Å². The van der Waals surface area contributed by atoms with Gasteiger partial charge in [-0.05, 0) is 67.9 Å². The van der Waals surface area contributed by atoms with Crippen molar-refractivity contribution >= 4 is 16.7 Å². The van der Waals surface area contributed by atoms with Crippen LogP contribution in [0, 0.1) is 6.92 Å². The number of para-hydroxylation sites is 1. The fourth-order valence-corrected chi connectivity index (χ4v) is 6.39. The van der Waals surface area contributed by atoms with Crippen molar-refractivity contribution in [3.05, 3.63) is 71.0 Å². The Balaban J connectivity index is 1.57. The van der Waals surface area contributed by atoms with Crippen LogP contribution < -0.4 is 4.74 Å². The van der Waals surface area contributed by atoms with Gasteiger partial charge in [-0.2, -0.15) is 4.31 Å². The molecule has 1 aliphatic heterocycles. The van der Waals surface area contributed by atoms with Gasteiger partial charge in [-0.1, -0.05) is 42.5 Å². The van der Waals surface area contributed by atoms with E-state index in [2.05, 4.69) is 17.2 Å². The van der Waals surface area contributed by atoms with Gasteiger partial charge in [0.1, 0.15) is 16.7 Å². The molecule has 1 unspecified atom stereocenters. The van der Waals surface area contributed by atoms with Gasteiger partial charge in [0, 0.05) is 19.3 Å². The van der Waals surface area contributed by atoms with Gasteiger partial charge in [0.25, 0.3) is 0 Å². The third kappa shape index (κ3) is 6.51. The maximum absolute atomic E-state index is 11.7. The number of carbonyl (C=O) groups is 1. The summed E-state index contributed by atoms with van der Waals surface area (Å²) in [5, 5.41) is 18.0. The Bertz CT molecular complexity index is 1230. The molecule has 10 heteroatoms. The topological polar surface area (TPSA) is 121 Å². The molecule has 9 nitrogen and oxygen atoms in total. The van der Waals surface area contributed by atoms with Crippen LogP contribution in [0.15, 0.2) is 53.6 Å². The molecule has 0 saturated heterocycles. The van der Waals surface area contributed by atoms with Gasteiger partial charge in [-0.3, -0.25) is 18.6 Å².